The standard InChI is InChI=1S/C15H23N3O/c1-11-8-15(9-11,10-16)14(19)17-12-5-7-18-6-3-2-4-13(12)18/h11-13H,2-9H2,1H3,(H,17,19). The highest BCUT2D eigenvalue weighted by Gasteiger charge is 2.50. The van der Waals surface area contributed by atoms with E-state index in [2.05, 4.69) is 23.2 Å². The molecule has 3 rings (SSSR count). The molecule has 4 nitrogen and oxygen atoms in total. The third-order valence-electron chi connectivity index (χ3n) is 5.22. The van der Waals surface area contributed by atoms with Gasteiger partial charge in [0.15, 0.2) is 0 Å². The second-order valence-electron chi connectivity index (χ2n) is 6.68. The number of fused-ring (bicyclic) bond motifs is 1. The lowest BCUT2D eigenvalue weighted by atomic mass is 9.63. The Balaban J connectivity index is 1.62. The number of rotatable bonds is 2. The van der Waals surface area contributed by atoms with Gasteiger partial charge in [0, 0.05) is 18.6 Å². The smallest absolute Gasteiger partial charge is 0.240 e. The van der Waals surface area contributed by atoms with Crippen LogP contribution in [0.2, 0.25) is 0 Å². The number of hydrogen-bond acceptors (Lipinski definition) is 3. The lowest BCUT2D eigenvalue weighted by Crippen LogP contribution is -2.54. The molecule has 2 unspecified atom stereocenters. The maximum Gasteiger partial charge on any atom is 0.240 e. The largest absolute Gasteiger partial charge is 0.350 e. The Hall–Kier alpha value is -1.08. The van der Waals surface area contributed by atoms with Crippen LogP contribution in [0.5, 0.6) is 0 Å². The highest BCUT2D eigenvalue weighted by atomic mass is 16.2. The summed E-state index contributed by atoms with van der Waals surface area (Å²) in [5.41, 5.74) is -0.721. The fourth-order valence-electron chi connectivity index (χ4n) is 4.18. The van der Waals surface area contributed by atoms with Gasteiger partial charge in [-0.25, -0.2) is 0 Å². The Morgan fingerprint density at radius 1 is 1.32 bits per heavy atom. The summed E-state index contributed by atoms with van der Waals surface area (Å²) in [6.45, 7) is 4.39. The normalized spacial score (nSPS) is 42.0. The third kappa shape index (κ3) is 2.14. The van der Waals surface area contributed by atoms with Crippen molar-refractivity contribution in [1.29, 1.82) is 5.26 Å². The van der Waals surface area contributed by atoms with Gasteiger partial charge in [-0.3, -0.25) is 9.69 Å². The highest BCUT2D eigenvalue weighted by Crippen LogP contribution is 2.45. The maximum atomic E-state index is 12.4. The molecule has 1 amide bonds. The molecule has 2 saturated heterocycles. The quantitative estimate of drug-likeness (QED) is 0.822. The van der Waals surface area contributed by atoms with Crippen molar-refractivity contribution >= 4 is 5.91 Å². The van der Waals surface area contributed by atoms with E-state index >= 15 is 0 Å². The minimum absolute atomic E-state index is 0.00877. The number of piperidine rings is 1. The van der Waals surface area contributed by atoms with Gasteiger partial charge >= 0.3 is 0 Å². The van der Waals surface area contributed by atoms with E-state index in [1.54, 1.807) is 0 Å². The van der Waals surface area contributed by atoms with Crippen molar-refractivity contribution < 1.29 is 4.79 Å². The number of nitrogens with one attached hydrogen (secondary N) is 1. The van der Waals surface area contributed by atoms with Gasteiger partial charge < -0.3 is 5.32 Å². The average molecular weight is 261 g/mol. The van der Waals surface area contributed by atoms with Crippen LogP contribution in [0.3, 0.4) is 0 Å². The Labute approximate surface area is 115 Å². The Kier molecular flexibility index (Phi) is 3.26. The topological polar surface area (TPSA) is 56.1 Å². The molecule has 0 aromatic heterocycles. The number of nitriles is 1. The lowest BCUT2D eigenvalue weighted by molar-refractivity contribution is -0.135. The first-order chi connectivity index (χ1) is 9.14. The first-order valence-corrected chi connectivity index (χ1v) is 7.61. The molecule has 0 bridgehead atoms. The SMILES string of the molecule is CC1CC(C#N)(C(=O)NC2CCN3CCCCC23)C1. The maximum absolute atomic E-state index is 12.4. The van der Waals surface area contributed by atoms with Crippen LogP contribution in [0.1, 0.15) is 45.4 Å². The minimum Gasteiger partial charge on any atom is -0.350 e. The van der Waals surface area contributed by atoms with Crippen molar-refractivity contribution in [3.8, 4) is 6.07 Å². The molecule has 0 radical (unpaired) electrons. The van der Waals surface area contributed by atoms with Gasteiger partial charge in [0.25, 0.3) is 0 Å². The first kappa shape index (κ1) is 12.9. The summed E-state index contributed by atoms with van der Waals surface area (Å²) < 4.78 is 0. The van der Waals surface area contributed by atoms with E-state index in [1.807, 2.05) is 0 Å². The number of nitrogens with zero attached hydrogens (tertiary/aromatic N) is 2. The van der Waals surface area contributed by atoms with Gasteiger partial charge in [-0.2, -0.15) is 5.26 Å². The number of hydrogen-bond donors (Lipinski definition) is 1. The third-order valence-corrected chi connectivity index (χ3v) is 5.22. The highest BCUT2D eigenvalue weighted by molar-refractivity contribution is 5.86. The van der Waals surface area contributed by atoms with Gasteiger partial charge in [0.05, 0.1) is 6.07 Å². The van der Waals surface area contributed by atoms with E-state index in [0.29, 0.717) is 12.0 Å². The van der Waals surface area contributed by atoms with E-state index in [1.165, 1.54) is 25.8 Å². The molecular weight excluding hydrogens is 238 g/mol. The van der Waals surface area contributed by atoms with Crippen LogP contribution >= 0.6 is 0 Å². The monoisotopic (exact) mass is 261 g/mol. The van der Waals surface area contributed by atoms with E-state index < -0.39 is 5.41 Å². The molecule has 0 aromatic rings. The number of carbonyl (C=O) groups excluding carboxylic acids is 1. The predicted octanol–water partition coefficient (Wildman–Crippen LogP) is 1.67. The van der Waals surface area contributed by atoms with Crippen molar-refractivity contribution in [2.24, 2.45) is 11.3 Å². The fourth-order valence-corrected chi connectivity index (χ4v) is 4.18. The van der Waals surface area contributed by atoms with E-state index in [9.17, 15) is 10.1 Å². The van der Waals surface area contributed by atoms with Gasteiger partial charge in [-0.05, 0) is 44.6 Å². The second kappa shape index (κ2) is 4.79. The molecule has 3 aliphatic rings. The molecule has 0 spiro atoms. The van der Waals surface area contributed by atoms with E-state index in [4.69, 9.17) is 0 Å². The summed E-state index contributed by atoms with van der Waals surface area (Å²) in [6.07, 6.45) is 6.27. The molecular formula is C15H23N3O. The zero-order valence-electron chi connectivity index (χ0n) is 11.7. The molecule has 104 valence electrons. The molecule has 0 aromatic carbocycles. The summed E-state index contributed by atoms with van der Waals surface area (Å²) in [7, 11) is 0. The van der Waals surface area contributed by atoms with Gasteiger partial charge in [0.1, 0.15) is 5.41 Å². The summed E-state index contributed by atoms with van der Waals surface area (Å²) in [5, 5.41) is 12.5. The molecule has 2 atom stereocenters. The molecule has 1 saturated carbocycles. The Morgan fingerprint density at radius 3 is 2.79 bits per heavy atom. The van der Waals surface area contributed by atoms with Gasteiger partial charge in [-0.1, -0.05) is 13.3 Å². The Bertz CT molecular complexity index is 408. The van der Waals surface area contributed by atoms with E-state index in [0.717, 1.165) is 25.8 Å². The molecule has 2 heterocycles. The zero-order chi connectivity index (χ0) is 13.5. The fraction of sp³-hybridized carbons (Fsp3) is 0.867. The van der Waals surface area contributed by atoms with Crippen LogP contribution in [0.4, 0.5) is 0 Å². The van der Waals surface area contributed by atoms with Crippen LogP contribution in [0, 0.1) is 22.7 Å². The van der Waals surface area contributed by atoms with Crippen molar-refractivity contribution in [1.82, 2.24) is 10.2 Å². The molecule has 1 N–H and O–H groups in total. The van der Waals surface area contributed by atoms with Crippen LogP contribution < -0.4 is 5.32 Å². The van der Waals surface area contributed by atoms with Crippen LogP contribution in [0.15, 0.2) is 0 Å². The molecule has 1 aliphatic carbocycles. The molecule has 2 aliphatic heterocycles. The second-order valence-corrected chi connectivity index (χ2v) is 6.68. The predicted molar refractivity (Wildman–Crippen MR) is 72.2 cm³/mol. The van der Waals surface area contributed by atoms with E-state index in [-0.39, 0.29) is 11.9 Å². The molecule has 19 heavy (non-hydrogen) atoms. The molecule has 3 fully saturated rings. The van der Waals surface area contributed by atoms with Crippen molar-refractivity contribution in [2.45, 2.75) is 57.5 Å². The molecule has 4 heteroatoms. The van der Waals surface area contributed by atoms with Crippen LogP contribution in [0.25, 0.3) is 0 Å². The zero-order valence-corrected chi connectivity index (χ0v) is 11.7. The number of amides is 1. The minimum atomic E-state index is -0.721. The summed E-state index contributed by atoms with van der Waals surface area (Å²) in [6, 6.07) is 3.06. The van der Waals surface area contributed by atoms with Crippen molar-refractivity contribution in [2.75, 3.05) is 13.1 Å². The first-order valence-electron chi connectivity index (χ1n) is 7.61. The van der Waals surface area contributed by atoms with Crippen LogP contribution in [-0.4, -0.2) is 36.0 Å². The average Bonchev–Trinajstić information content (AvgIpc) is 2.78. The lowest BCUT2D eigenvalue weighted by Gasteiger charge is -2.41. The van der Waals surface area contributed by atoms with Gasteiger partial charge in [-0.15, -0.1) is 0 Å². The Morgan fingerprint density at radius 2 is 2.11 bits per heavy atom. The summed E-state index contributed by atoms with van der Waals surface area (Å²) in [5.74, 6) is 0.505. The summed E-state index contributed by atoms with van der Waals surface area (Å²) >= 11 is 0. The van der Waals surface area contributed by atoms with Crippen molar-refractivity contribution in [3.05, 3.63) is 0 Å². The summed E-state index contributed by atoms with van der Waals surface area (Å²) in [4.78, 5) is 14.9. The van der Waals surface area contributed by atoms with Crippen molar-refractivity contribution in [3.63, 3.8) is 0 Å². The number of carbonyl (C=O) groups is 1. The van der Waals surface area contributed by atoms with Gasteiger partial charge in [0.2, 0.25) is 5.91 Å². The van der Waals surface area contributed by atoms with Crippen LogP contribution in [-0.2, 0) is 4.79 Å².